The van der Waals surface area contributed by atoms with Crippen LogP contribution in [0.5, 0.6) is 5.75 Å². The summed E-state index contributed by atoms with van der Waals surface area (Å²) in [6.45, 7) is 0.250. The number of benzene rings is 1. The Hall–Kier alpha value is -2.15. The van der Waals surface area contributed by atoms with Crippen LogP contribution in [0, 0.1) is 0 Å². The lowest BCUT2D eigenvalue weighted by Gasteiger charge is -2.23. The predicted octanol–water partition coefficient (Wildman–Crippen LogP) is 1.98. The summed E-state index contributed by atoms with van der Waals surface area (Å²) in [4.78, 5) is 7.95. The van der Waals surface area contributed by atoms with E-state index in [-0.39, 0.29) is 11.8 Å². The summed E-state index contributed by atoms with van der Waals surface area (Å²) < 4.78 is 31.8. The van der Waals surface area contributed by atoms with Gasteiger partial charge in [0.1, 0.15) is 17.9 Å². The highest BCUT2D eigenvalue weighted by molar-refractivity contribution is 7.93. The molecule has 1 aliphatic carbocycles. The van der Waals surface area contributed by atoms with Gasteiger partial charge in [-0.05, 0) is 30.5 Å². The van der Waals surface area contributed by atoms with Crippen LogP contribution < -0.4 is 9.04 Å². The maximum atomic E-state index is 12.7. The second-order valence-corrected chi connectivity index (χ2v) is 7.30. The zero-order chi connectivity index (χ0) is 15.6. The third-order valence-electron chi connectivity index (χ3n) is 3.56. The third-order valence-corrected chi connectivity index (χ3v) is 5.80. The molecule has 116 valence electrons. The first-order valence-corrected chi connectivity index (χ1v) is 8.52. The summed E-state index contributed by atoms with van der Waals surface area (Å²) in [5.74, 6) is 1.14. The molecule has 3 rings (SSSR count). The fourth-order valence-corrected chi connectivity index (χ4v) is 3.96. The minimum Gasteiger partial charge on any atom is -0.497 e. The van der Waals surface area contributed by atoms with Gasteiger partial charge < -0.3 is 4.74 Å². The maximum absolute atomic E-state index is 12.7. The number of rotatable bonds is 6. The molecule has 2 aromatic rings. The van der Waals surface area contributed by atoms with E-state index in [9.17, 15) is 8.42 Å². The smallest absolute Gasteiger partial charge is 0.239 e. The first kappa shape index (κ1) is 14.8. The average Bonchev–Trinajstić information content (AvgIpc) is 3.39. The minimum atomic E-state index is -3.38. The van der Waals surface area contributed by atoms with E-state index in [4.69, 9.17) is 4.74 Å². The van der Waals surface area contributed by atoms with E-state index in [1.54, 1.807) is 19.4 Å². The van der Waals surface area contributed by atoms with Crippen molar-refractivity contribution in [2.75, 3.05) is 11.4 Å². The molecule has 0 saturated heterocycles. The van der Waals surface area contributed by atoms with E-state index in [1.165, 1.54) is 10.6 Å². The Morgan fingerprint density at radius 1 is 1.23 bits per heavy atom. The van der Waals surface area contributed by atoms with Crippen molar-refractivity contribution in [1.29, 1.82) is 0 Å². The zero-order valence-electron chi connectivity index (χ0n) is 12.2. The number of ether oxygens (including phenoxy) is 1. The Morgan fingerprint density at radius 2 is 1.95 bits per heavy atom. The number of sulfonamides is 1. The Morgan fingerprint density at radius 3 is 2.50 bits per heavy atom. The molecule has 0 atom stereocenters. The van der Waals surface area contributed by atoms with E-state index in [0.717, 1.165) is 11.3 Å². The van der Waals surface area contributed by atoms with Crippen LogP contribution in [-0.4, -0.2) is 30.7 Å². The van der Waals surface area contributed by atoms with Crippen LogP contribution in [0.25, 0.3) is 0 Å². The van der Waals surface area contributed by atoms with Crippen molar-refractivity contribution in [3.05, 3.63) is 48.4 Å². The van der Waals surface area contributed by atoms with Gasteiger partial charge in [0.2, 0.25) is 10.0 Å². The number of anilines is 1. The molecule has 7 heteroatoms. The molecular formula is C15H17N3O3S. The quantitative estimate of drug-likeness (QED) is 0.814. The molecule has 0 amide bonds. The van der Waals surface area contributed by atoms with E-state index in [2.05, 4.69) is 9.97 Å². The summed E-state index contributed by atoms with van der Waals surface area (Å²) in [6.07, 6.45) is 4.34. The standard InChI is InChI=1S/C15H17N3O3S/c1-21-13-4-2-12(3-5-13)10-18(15-8-9-16-11-17-15)22(19,20)14-6-7-14/h2-5,8-9,11,14H,6-7,10H2,1H3. The van der Waals surface area contributed by atoms with Gasteiger partial charge in [-0.25, -0.2) is 22.7 Å². The van der Waals surface area contributed by atoms with Gasteiger partial charge in [-0.15, -0.1) is 0 Å². The lowest BCUT2D eigenvalue weighted by atomic mass is 10.2. The highest BCUT2D eigenvalue weighted by atomic mass is 32.2. The highest BCUT2D eigenvalue weighted by Gasteiger charge is 2.40. The molecule has 1 aromatic carbocycles. The number of aromatic nitrogens is 2. The molecule has 0 aliphatic heterocycles. The summed E-state index contributed by atoms with van der Waals surface area (Å²) in [5, 5.41) is -0.291. The Labute approximate surface area is 129 Å². The summed E-state index contributed by atoms with van der Waals surface area (Å²) >= 11 is 0. The molecule has 1 heterocycles. The van der Waals surface area contributed by atoms with Crippen LogP contribution in [0.15, 0.2) is 42.9 Å². The molecule has 0 N–H and O–H groups in total. The van der Waals surface area contributed by atoms with E-state index in [0.29, 0.717) is 18.7 Å². The van der Waals surface area contributed by atoms with Gasteiger partial charge in [-0.3, -0.25) is 0 Å². The fraction of sp³-hybridized carbons (Fsp3) is 0.333. The molecule has 1 fully saturated rings. The molecule has 22 heavy (non-hydrogen) atoms. The van der Waals surface area contributed by atoms with Crippen LogP contribution >= 0.6 is 0 Å². The van der Waals surface area contributed by atoms with Crippen LogP contribution in [-0.2, 0) is 16.6 Å². The molecule has 0 bridgehead atoms. The van der Waals surface area contributed by atoms with Crippen molar-refractivity contribution in [3.63, 3.8) is 0 Å². The Balaban J connectivity index is 1.91. The average molecular weight is 319 g/mol. The topological polar surface area (TPSA) is 72.4 Å². The molecule has 1 saturated carbocycles. The van der Waals surface area contributed by atoms with Crippen molar-refractivity contribution >= 4 is 15.8 Å². The minimum absolute atomic E-state index is 0.250. The SMILES string of the molecule is COc1ccc(CN(c2ccncn2)S(=O)(=O)C2CC2)cc1. The van der Waals surface area contributed by atoms with E-state index < -0.39 is 10.0 Å². The van der Waals surface area contributed by atoms with Crippen LogP contribution in [0.1, 0.15) is 18.4 Å². The second-order valence-electron chi connectivity index (χ2n) is 5.17. The maximum Gasteiger partial charge on any atom is 0.239 e. The first-order chi connectivity index (χ1) is 10.6. The lowest BCUT2D eigenvalue weighted by Crippen LogP contribution is -2.34. The summed E-state index contributed by atoms with van der Waals surface area (Å²) in [6, 6.07) is 8.96. The molecule has 6 nitrogen and oxygen atoms in total. The summed E-state index contributed by atoms with van der Waals surface area (Å²) in [7, 11) is -1.79. The predicted molar refractivity (Wildman–Crippen MR) is 83.2 cm³/mol. The van der Waals surface area contributed by atoms with Crippen molar-refractivity contribution in [3.8, 4) is 5.75 Å². The normalized spacial score (nSPS) is 14.6. The molecular weight excluding hydrogens is 302 g/mol. The lowest BCUT2D eigenvalue weighted by molar-refractivity contribution is 0.414. The highest BCUT2D eigenvalue weighted by Crippen LogP contribution is 2.33. The number of hydrogen-bond acceptors (Lipinski definition) is 5. The molecule has 0 radical (unpaired) electrons. The van der Waals surface area contributed by atoms with E-state index >= 15 is 0 Å². The molecule has 0 spiro atoms. The summed E-state index contributed by atoms with van der Waals surface area (Å²) in [5.41, 5.74) is 0.878. The molecule has 1 aromatic heterocycles. The number of hydrogen-bond donors (Lipinski definition) is 0. The van der Waals surface area contributed by atoms with Crippen molar-refractivity contribution in [2.45, 2.75) is 24.6 Å². The van der Waals surface area contributed by atoms with Crippen LogP contribution in [0.2, 0.25) is 0 Å². The van der Waals surface area contributed by atoms with Gasteiger partial charge in [0.05, 0.1) is 18.9 Å². The van der Waals surface area contributed by atoms with Gasteiger partial charge in [0.25, 0.3) is 0 Å². The number of methoxy groups -OCH3 is 1. The van der Waals surface area contributed by atoms with Gasteiger partial charge >= 0.3 is 0 Å². The monoisotopic (exact) mass is 319 g/mol. The van der Waals surface area contributed by atoms with Crippen LogP contribution in [0.4, 0.5) is 5.82 Å². The number of nitrogens with zero attached hydrogens (tertiary/aromatic N) is 3. The third kappa shape index (κ3) is 3.04. The van der Waals surface area contributed by atoms with Gasteiger partial charge in [0, 0.05) is 12.3 Å². The van der Waals surface area contributed by atoms with Crippen molar-refractivity contribution in [2.24, 2.45) is 0 Å². The zero-order valence-corrected chi connectivity index (χ0v) is 13.0. The largest absolute Gasteiger partial charge is 0.497 e. The van der Waals surface area contributed by atoms with Gasteiger partial charge in [-0.2, -0.15) is 0 Å². The molecule has 1 aliphatic rings. The Bertz CT molecular complexity index is 728. The Kier molecular flexibility index (Phi) is 3.98. The second kappa shape index (κ2) is 5.92. The van der Waals surface area contributed by atoms with E-state index in [1.807, 2.05) is 24.3 Å². The van der Waals surface area contributed by atoms with Crippen molar-refractivity contribution in [1.82, 2.24) is 9.97 Å². The van der Waals surface area contributed by atoms with Crippen LogP contribution in [0.3, 0.4) is 0 Å². The van der Waals surface area contributed by atoms with Gasteiger partial charge in [0.15, 0.2) is 0 Å². The first-order valence-electron chi connectivity index (χ1n) is 7.02. The van der Waals surface area contributed by atoms with Gasteiger partial charge in [-0.1, -0.05) is 12.1 Å². The molecule has 0 unspecified atom stereocenters. The fourth-order valence-electron chi connectivity index (χ4n) is 2.18. The van der Waals surface area contributed by atoms with Crippen molar-refractivity contribution < 1.29 is 13.2 Å².